The molecule has 2 rings (SSSR count). The molecule has 1 aliphatic rings. The van der Waals surface area contributed by atoms with E-state index in [9.17, 15) is 0 Å². The maximum atomic E-state index is 5.25. The first-order valence-electron chi connectivity index (χ1n) is 6.40. The average molecular weight is 234 g/mol. The minimum absolute atomic E-state index is 0.954. The number of aryl methyl sites for hydroxylation is 1. The highest BCUT2D eigenvalue weighted by atomic mass is 16.5. The van der Waals surface area contributed by atoms with Gasteiger partial charge in [-0.25, -0.2) is 0 Å². The molecule has 0 unspecified atom stereocenters. The molecule has 1 aromatic rings. The Kier molecular flexibility index (Phi) is 4.26. The van der Waals surface area contributed by atoms with Crippen LogP contribution in [0.15, 0.2) is 18.2 Å². The summed E-state index contributed by atoms with van der Waals surface area (Å²) in [6, 6.07) is 6.24. The van der Waals surface area contributed by atoms with Gasteiger partial charge in [0.25, 0.3) is 0 Å². The minimum atomic E-state index is 0.954. The van der Waals surface area contributed by atoms with Crippen molar-refractivity contribution in [1.82, 2.24) is 4.90 Å². The van der Waals surface area contributed by atoms with Crippen molar-refractivity contribution >= 4 is 5.69 Å². The molecule has 0 atom stereocenters. The van der Waals surface area contributed by atoms with Crippen molar-refractivity contribution in [1.29, 1.82) is 0 Å². The maximum Gasteiger partial charge on any atom is 0.121 e. The summed E-state index contributed by atoms with van der Waals surface area (Å²) in [5.41, 5.74) is 2.36. The van der Waals surface area contributed by atoms with Gasteiger partial charge < -0.3 is 15.0 Å². The van der Waals surface area contributed by atoms with Crippen LogP contribution in [0.5, 0.6) is 5.75 Å². The Hall–Kier alpha value is -1.22. The van der Waals surface area contributed by atoms with Crippen molar-refractivity contribution in [3.05, 3.63) is 23.8 Å². The lowest BCUT2D eigenvalue weighted by atomic mass is 10.2. The van der Waals surface area contributed by atoms with Gasteiger partial charge in [-0.3, -0.25) is 0 Å². The number of nitrogens with zero attached hydrogens (tertiary/aromatic N) is 1. The molecule has 17 heavy (non-hydrogen) atoms. The van der Waals surface area contributed by atoms with E-state index >= 15 is 0 Å². The number of hydrogen-bond acceptors (Lipinski definition) is 3. The van der Waals surface area contributed by atoms with Crippen molar-refractivity contribution in [2.24, 2.45) is 0 Å². The van der Waals surface area contributed by atoms with Crippen molar-refractivity contribution in [3.63, 3.8) is 0 Å². The molecule has 0 amide bonds. The quantitative estimate of drug-likeness (QED) is 0.847. The van der Waals surface area contributed by atoms with E-state index in [1.807, 2.05) is 6.07 Å². The summed E-state index contributed by atoms with van der Waals surface area (Å²) in [5, 5.41) is 3.47. The molecule has 3 nitrogen and oxygen atoms in total. The summed E-state index contributed by atoms with van der Waals surface area (Å²) < 4.78 is 5.25. The summed E-state index contributed by atoms with van der Waals surface area (Å²) in [4.78, 5) is 2.52. The highest BCUT2D eigenvalue weighted by Gasteiger charge is 2.10. The molecule has 0 spiro atoms. The summed E-state index contributed by atoms with van der Waals surface area (Å²) >= 11 is 0. The molecule has 1 N–H and O–H groups in total. The number of nitrogens with one attached hydrogen (secondary N) is 1. The summed E-state index contributed by atoms with van der Waals surface area (Å²) in [7, 11) is 1.71. The van der Waals surface area contributed by atoms with Gasteiger partial charge in [0.1, 0.15) is 5.75 Å². The van der Waals surface area contributed by atoms with Crippen LogP contribution in [0.3, 0.4) is 0 Å². The highest BCUT2D eigenvalue weighted by molar-refractivity contribution is 5.50. The first-order valence-corrected chi connectivity index (χ1v) is 6.40. The number of hydrogen-bond donors (Lipinski definition) is 1. The average Bonchev–Trinajstić information content (AvgIpc) is 2.82. The van der Waals surface area contributed by atoms with Crippen molar-refractivity contribution in [2.75, 3.05) is 38.6 Å². The van der Waals surface area contributed by atoms with E-state index in [0.717, 1.165) is 18.8 Å². The predicted octanol–water partition coefficient (Wildman–Crippen LogP) is 2.51. The van der Waals surface area contributed by atoms with Crippen molar-refractivity contribution in [3.8, 4) is 5.75 Å². The van der Waals surface area contributed by atoms with E-state index in [4.69, 9.17) is 4.74 Å². The number of methoxy groups -OCH3 is 1. The lowest BCUT2D eigenvalue weighted by molar-refractivity contribution is 0.352. The van der Waals surface area contributed by atoms with Crippen LogP contribution in [-0.4, -0.2) is 38.2 Å². The number of likely N-dealkylation sites (tertiary alicyclic amines) is 1. The standard InChI is InChI=1S/C14H22N2O/c1-12-11-13(5-6-14(12)17-2)15-7-10-16-8-3-4-9-16/h5-6,11,15H,3-4,7-10H2,1-2H3. The van der Waals surface area contributed by atoms with Gasteiger partial charge in [0.2, 0.25) is 0 Å². The molecule has 0 aliphatic carbocycles. The topological polar surface area (TPSA) is 24.5 Å². The Morgan fingerprint density at radius 3 is 2.71 bits per heavy atom. The second-order valence-corrected chi connectivity index (χ2v) is 4.66. The van der Waals surface area contributed by atoms with Crippen LogP contribution in [0, 0.1) is 6.92 Å². The van der Waals surface area contributed by atoms with E-state index in [-0.39, 0.29) is 0 Å². The molecule has 0 bridgehead atoms. The van der Waals surface area contributed by atoms with E-state index < -0.39 is 0 Å². The minimum Gasteiger partial charge on any atom is -0.496 e. The number of benzene rings is 1. The van der Waals surface area contributed by atoms with Crippen LogP contribution in [0.4, 0.5) is 5.69 Å². The first kappa shape index (κ1) is 12.2. The van der Waals surface area contributed by atoms with E-state index in [1.54, 1.807) is 7.11 Å². The highest BCUT2D eigenvalue weighted by Crippen LogP contribution is 2.21. The SMILES string of the molecule is COc1ccc(NCCN2CCCC2)cc1C. The maximum absolute atomic E-state index is 5.25. The summed E-state index contributed by atoms with van der Waals surface area (Å²) in [6.45, 7) is 6.77. The van der Waals surface area contributed by atoms with Crippen LogP contribution >= 0.6 is 0 Å². The van der Waals surface area contributed by atoms with Crippen molar-refractivity contribution in [2.45, 2.75) is 19.8 Å². The second kappa shape index (κ2) is 5.92. The van der Waals surface area contributed by atoms with Gasteiger partial charge in [-0.1, -0.05) is 0 Å². The Labute approximate surface area is 104 Å². The fourth-order valence-electron chi connectivity index (χ4n) is 2.35. The van der Waals surface area contributed by atoms with Crippen LogP contribution in [-0.2, 0) is 0 Å². The van der Waals surface area contributed by atoms with E-state index in [2.05, 4.69) is 29.3 Å². The van der Waals surface area contributed by atoms with Crippen LogP contribution in [0.25, 0.3) is 0 Å². The predicted molar refractivity (Wildman–Crippen MR) is 71.9 cm³/mol. The normalized spacial score (nSPS) is 16.1. The zero-order valence-corrected chi connectivity index (χ0v) is 10.8. The van der Waals surface area contributed by atoms with Gasteiger partial charge in [-0.15, -0.1) is 0 Å². The Morgan fingerprint density at radius 2 is 2.06 bits per heavy atom. The largest absolute Gasteiger partial charge is 0.496 e. The van der Waals surface area contributed by atoms with E-state index in [0.29, 0.717) is 0 Å². The Balaban J connectivity index is 1.80. The lowest BCUT2D eigenvalue weighted by Gasteiger charge is -2.16. The molecule has 0 radical (unpaired) electrons. The molecular formula is C14H22N2O. The third-order valence-electron chi connectivity index (χ3n) is 3.35. The molecule has 0 saturated carbocycles. The van der Waals surface area contributed by atoms with Gasteiger partial charge in [0.05, 0.1) is 7.11 Å². The zero-order chi connectivity index (χ0) is 12.1. The van der Waals surface area contributed by atoms with Gasteiger partial charge in [0.15, 0.2) is 0 Å². The van der Waals surface area contributed by atoms with E-state index in [1.165, 1.54) is 37.2 Å². The fourth-order valence-corrected chi connectivity index (χ4v) is 2.35. The molecule has 94 valence electrons. The van der Waals surface area contributed by atoms with Crippen LogP contribution in [0.2, 0.25) is 0 Å². The zero-order valence-electron chi connectivity index (χ0n) is 10.8. The molecule has 3 heteroatoms. The smallest absolute Gasteiger partial charge is 0.121 e. The molecule has 1 fully saturated rings. The molecule has 1 saturated heterocycles. The van der Waals surface area contributed by atoms with Crippen LogP contribution in [0.1, 0.15) is 18.4 Å². The Bertz CT molecular complexity index is 359. The van der Waals surface area contributed by atoms with Gasteiger partial charge >= 0.3 is 0 Å². The van der Waals surface area contributed by atoms with Gasteiger partial charge in [0, 0.05) is 18.8 Å². The number of ether oxygens (including phenoxy) is 1. The first-order chi connectivity index (χ1) is 8.29. The summed E-state index contributed by atoms with van der Waals surface area (Å²) in [5.74, 6) is 0.954. The molecule has 1 aromatic carbocycles. The Morgan fingerprint density at radius 1 is 1.29 bits per heavy atom. The summed E-state index contributed by atoms with van der Waals surface area (Å²) in [6.07, 6.45) is 2.73. The number of rotatable bonds is 5. The molecule has 0 aromatic heterocycles. The second-order valence-electron chi connectivity index (χ2n) is 4.66. The van der Waals surface area contributed by atoms with Crippen LogP contribution < -0.4 is 10.1 Å². The molecular weight excluding hydrogens is 212 g/mol. The molecule has 1 heterocycles. The van der Waals surface area contributed by atoms with Gasteiger partial charge in [-0.2, -0.15) is 0 Å². The third kappa shape index (κ3) is 3.37. The lowest BCUT2D eigenvalue weighted by Crippen LogP contribution is -2.25. The monoisotopic (exact) mass is 234 g/mol. The van der Waals surface area contributed by atoms with Gasteiger partial charge in [-0.05, 0) is 56.6 Å². The fraction of sp³-hybridized carbons (Fsp3) is 0.571. The third-order valence-corrected chi connectivity index (χ3v) is 3.35. The van der Waals surface area contributed by atoms with Crippen molar-refractivity contribution < 1.29 is 4.74 Å². The molecule has 1 aliphatic heterocycles. The number of anilines is 1.